The molecule has 1 aromatic carbocycles. The lowest BCUT2D eigenvalue weighted by atomic mass is 9.89. The minimum Gasteiger partial charge on any atom is -0.393 e. The van der Waals surface area contributed by atoms with Crippen molar-refractivity contribution in [2.24, 2.45) is 5.92 Å². The first-order valence-corrected chi connectivity index (χ1v) is 6.39. The van der Waals surface area contributed by atoms with Gasteiger partial charge < -0.3 is 10.4 Å². The molecule has 17 heavy (non-hydrogen) atoms. The third-order valence-electron chi connectivity index (χ3n) is 3.55. The van der Waals surface area contributed by atoms with Gasteiger partial charge in [0.2, 0.25) is 0 Å². The van der Waals surface area contributed by atoms with E-state index in [-0.39, 0.29) is 11.9 Å². The van der Waals surface area contributed by atoms with E-state index in [0.29, 0.717) is 5.92 Å². The van der Waals surface area contributed by atoms with Crippen LogP contribution in [0.15, 0.2) is 24.3 Å². The van der Waals surface area contributed by atoms with Crippen molar-refractivity contribution >= 4 is 0 Å². The van der Waals surface area contributed by atoms with Gasteiger partial charge in [-0.25, -0.2) is 4.39 Å². The van der Waals surface area contributed by atoms with Crippen molar-refractivity contribution in [1.82, 2.24) is 5.32 Å². The molecule has 1 heterocycles. The lowest BCUT2D eigenvalue weighted by molar-refractivity contribution is 0.0813. The van der Waals surface area contributed by atoms with E-state index in [2.05, 4.69) is 5.32 Å². The van der Waals surface area contributed by atoms with E-state index in [9.17, 15) is 9.50 Å². The van der Waals surface area contributed by atoms with Crippen molar-refractivity contribution < 1.29 is 9.50 Å². The summed E-state index contributed by atoms with van der Waals surface area (Å²) in [5.41, 5.74) is 0.970. The zero-order valence-corrected chi connectivity index (χ0v) is 10.0. The lowest BCUT2D eigenvalue weighted by Crippen LogP contribution is -2.34. The van der Waals surface area contributed by atoms with Crippen molar-refractivity contribution in [3.63, 3.8) is 0 Å². The zero-order valence-electron chi connectivity index (χ0n) is 10.0. The molecule has 2 nitrogen and oxygen atoms in total. The summed E-state index contributed by atoms with van der Waals surface area (Å²) >= 11 is 0. The highest BCUT2D eigenvalue weighted by molar-refractivity contribution is 5.16. The van der Waals surface area contributed by atoms with Crippen molar-refractivity contribution in [3.05, 3.63) is 35.6 Å². The fraction of sp³-hybridized carbons (Fsp3) is 0.571. The predicted molar refractivity (Wildman–Crippen MR) is 66.3 cm³/mol. The highest BCUT2D eigenvalue weighted by Gasteiger charge is 2.20. The van der Waals surface area contributed by atoms with Crippen LogP contribution >= 0.6 is 0 Å². The molecule has 1 aliphatic heterocycles. The number of benzene rings is 1. The molecule has 1 saturated heterocycles. The smallest absolute Gasteiger partial charge is 0.123 e. The maximum Gasteiger partial charge on any atom is 0.123 e. The Kier molecular flexibility index (Phi) is 4.51. The average Bonchev–Trinajstić information content (AvgIpc) is 2.37. The monoisotopic (exact) mass is 237 g/mol. The number of hydrogen-bond acceptors (Lipinski definition) is 2. The average molecular weight is 237 g/mol. The number of rotatable bonds is 4. The molecule has 0 bridgehead atoms. The van der Waals surface area contributed by atoms with Crippen molar-refractivity contribution in [1.29, 1.82) is 0 Å². The van der Waals surface area contributed by atoms with E-state index in [1.165, 1.54) is 6.07 Å². The van der Waals surface area contributed by atoms with Gasteiger partial charge in [0.1, 0.15) is 5.82 Å². The first kappa shape index (κ1) is 12.5. The summed E-state index contributed by atoms with van der Waals surface area (Å²) in [6.45, 7) is 2.00. The number of hydrogen-bond donors (Lipinski definition) is 2. The molecule has 2 N–H and O–H groups in total. The van der Waals surface area contributed by atoms with E-state index in [1.54, 1.807) is 12.1 Å². The summed E-state index contributed by atoms with van der Waals surface area (Å²) in [6.07, 6.45) is 3.33. The quantitative estimate of drug-likeness (QED) is 0.840. The van der Waals surface area contributed by atoms with Crippen LogP contribution in [0.3, 0.4) is 0 Å². The van der Waals surface area contributed by atoms with Crippen LogP contribution in [0.25, 0.3) is 0 Å². The Morgan fingerprint density at radius 2 is 2.12 bits per heavy atom. The molecule has 0 amide bonds. The molecule has 1 unspecified atom stereocenters. The predicted octanol–water partition coefficient (Wildman–Crippen LogP) is 2.12. The summed E-state index contributed by atoms with van der Waals surface area (Å²) < 4.78 is 13.0. The first-order valence-electron chi connectivity index (χ1n) is 6.39. The van der Waals surface area contributed by atoms with Crippen LogP contribution in [0.5, 0.6) is 0 Å². The third kappa shape index (κ3) is 3.79. The molecule has 94 valence electrons. The van der Waals surface area contributed by atoms with Gasteiger partial charge in [0.25, 0.3) is 0 Å². The largest absolute Gasteiger partial charge is 0.393 e. The van der Waals surface area contributed by atoms with Gasteiger partial charge >= 0.3 is 0 Å². The first-order chi connectivity index (χ1) is 8.25. The number of nitrogens with one attached hydrogen (secondary N) is 1. The molecule has 1 aliphatic rings. The molecule has 0 spiro atoms. The fourth-order valence-electron chi connectivity index (χ4n) is 2.47. The third-order valence-corrected chi connectivity index (χ3v) is 3.55. The standard InChI is InChI=1S/C14H20FNO/c15-13-3-1-2-11(10-13)4-5-14(17)12-6-8-16-9-7-12/h1-3,10,12,14,16-17H,4-9H2. The van der Waals surface area contributed by atoms with Gasteiger partial charge in [0.15, 0.2) is 0 Å². The van der Waals surface area contributed by atoms with Gasteiger partial charge in [-0.15, -0.1) is 0 Å². The van der Waals surface area contributed by atoms with Crippen molar-refractivity contribution in [3.8, 4) is 0 Å². The SMILES string of the molecule is OC(CCc1cccc(F)c1)C1CCNCC1. The van der Waals surface area contributed by atoms with Crippen LogP contribution in [0.4, 0.5) is 4.39 Å². The van der Waals surface area contributed by atoms with E-state index >= 15 is 0 Å². The molecule has 0 radical (unpaired) electrons. The Morgan fingerprint density at radius 3 is 2.82 bits per heavy atom. The van der Waals surface area contributed by atoms with E-state index in [4.69, 9.17) is 0 Å². The maximum absolute atomic E-state index is 13.0. The topological polar surface area (TPSA) is 32.3 Å². The van der Waals surface area contributed by atoms with E-state index < -0.39 is 0 Å². The molecule has 3 heteroatoms. The zero-order chi connectivity index (χ0) is 12.1. The second-order valence-electron chi connectivity index (χ2n) is 4.82. The highest BCUT2D eigenvalue weighted by Crippen LogP contribution is 2.20. The Bertz CT molecular complexity index is 350. The Hall–Kier alpha value is -0.930. The molecule has 1 fully saturated rings. The molecular weight excluding hydrogens is 217 g/mol. The van der Waals surface area contributed by atoms with Crippen LogP contribution < -0.4 is 5.32 Å². The molecule has 0 saturated carbocycles. The fourth-order valence-corrected chi connectivity index (χ4v) is 2.47. The Balaban J connectivity index is 1.80. The Morgan fingerprint density at radius 1 is 1.35 bits per heavy atom. The van der Waals surface area contributed by atoms with Gasteiger partial charge in [-0.3, -0.25) is 0 Å². The minimum atomic E-state index is -0.250. The number of aryl methyl sites for hydroxylation is 1. The lowest BCUT2D eigenvalue weighted by Gasteiger charge is -2.27. The van der Waals surface area contributed by atoms with Crippen LogP contribution in [-0.4, -0.2) is 24.3 Å². The summed E-state index contributed by atoms with van der Waals surface area (Å²) in [5, 5.41) is 13.4. The normalized spacial score (nSPS) is 19.2. The van der Waals surface area contributed by atoms with Gasteiger partial charge in [-0.2, -0.15) is 0 Å². The van der Waals surface area contributed by atoms with E-state index in [0.717, 1.165) is 44.3 Å². The van der Waals surface area contributed by atoms with Gasteiger partial charge in [-0.05, 0) is 62.4 Å². The van der Waals surface area contributed by atoms with Crippen molar-refractivity contribution in [2.75, 3.05) is 13.1 Å². The van der Waals surface area contributed by atoms with Crippen LogP contribution in [0.2, 0.25) is 0 Å². The van der Waals surface area contributed by atoms with Crippen molar-refractivity contribution in [2.45, 2.75) is 31.8 Å². The van der Waals surface area contributed by atoms with Gasteiger partial charge in [0, 0.05) is 0 Å². The van der Waals surface area contributed by atoms with E-state index in [1.807, 2.05) is 6.07 Å². The number of aliphatic hydroxyl groups is 1. The number of aliphatic hydroxyl groups excluding tert-OH is 1. The number of piperidine rings is 1. The molecule has 1 atom stereocenters. The summed E-state index contributed by atoms with van der Waals surface area (Å²) in [4.78, 5) is 0. The summed E-state index contributed by atoms with van der Waals surface area (Å²) in [5.74, 6) is 0.212. The van der Waals surface area contributed by atoms with Gasteiger partial charge in [-0.1, -0.05) is 12.1 Å². The second-order valence-corrected chi connectivity index (χ2v) is 4.82. The summed E-state index contributed by atoms with van der Waals surface area (Å²) in [6, 6.07) is 6.64. The van der Waals surface area contributed by atoms with Gasteiger partial charge in [0.05, 0.1) is 6.10 Å². The minimum absolute atomic E-state index is 0.196. The molecule has 0 aromatic heterocycles. The van der Waals surface area contributed by atoms with Crippen LogP contribution in [-0.2, 0) is 6.42 Å². The molecule has 0 aliphatic carbocycles. The van der Waals surface area contributed by atoms with Crippen LogP contribution in [0.1, 0.15) is 24.8 Å². The summed E-state index contributed by atoms with van der Waals surface area (Å²) in [7, 11) is 0. The Labute approximate surface area is 102 Å². The second kappa shape index (κ2) is 6.12. The number of halogens is 1. The molecular formula is C14H20FNO. The van der Waals surface area contributed by atoms with Crippen LogP contribution in [0, 0.1) is 11.7 Å². The maximum atomic E-state index is 13.0. The highest BCUT2D eigenvalue weighted by atomic mass is 19.1. The molecule has 1 aromatic rings. The molecule has 2 rings (SSSR count).